The zero-order chi connectivity index (χ0) is 14.1. The fourth-order valence-electron chi connectivity index (χ4n) is 2.32. The second-order valence-corrected chi connectivity index (χ2v) is 6.79. The maximum atomic E-state index is 12.1. The maximum Gasteiger partial charge on any atom is 0.324 e. The van der Waals surface area contributed by atoms with E-state index in [0.717, 1.165) is 6.20 Å². The summed E-state index contributed by atoms with van der Waals surface area (Å²) in [4.78, 5) is 11.4. The van der Waals surface area contributed by atoms with Crippen LogP contribution in [0, 0.1) is 5.92 Å². The smallest absolute Gasteiger partial charge is 0.324 e. The molecule has 19 heavy (non-hydrogen) atoms. The molecule has 0 spiro atoms. The highest BCUT2D eigenvalue weighted by atomic mass is 32.2. The summed E-state index contributed by atoms with van der Waals surface area (Å²) in [5.41, 5.74) is -1.40. The quantitative estimate of drug-likeness (QED) is 0.755. The zero-order valence-electron chi connectivity index (χ0n) is 10.6. The van der Waals surface area contributed by atoms with Gasteiger partial charge in [0.25, 0.3) is 0 Å². The van der Waals surface area contributed by atoms with Crippen molar-refractivity contribution in [2.24, 2.45) is 5.92 Å². The highest BCUT2D eigenvalue weighted by Gasteiger charge is 2.44. The molecule has 1 aromatic rings. The minimum atomic E-state index is -3.86. The third-order valence-electron chi connectivity index (χ3n) is 3.65. The molecule has 8 heteroatoms. The molecule has 1 heterocycles. The molecule has 0 amide bonds. The van der Waals surface area contributed by atoms with Crippen molar-refractivity contribution in [3.05, 3.63) is 12.4 Å². The molecule has 0 aliphatic heterocycles. The number of nitrogens with one attached hydrogen (secondary N) is 2. The summed E-state index contributed by atoms with van der Waals surface area (Å²) >= 11 is 0. The van der Waals surface area contributed by atoms with E-state index < -0.39 is 21.5 Å². The second-order valence-electron chi connectivity index (χ2n) is 5.11. The molecule has 7 nitrogen and oxygen atoms in total. The lowest BCUT2D eigenvalue weighted by Crippen LogP contribution is -2.56. The number of aromatic nitrogens is 2. The fraction of sp³-hybridized carbons (Fsp3) is 0.636. The number of hydrogen-bond acceptors (Lipinski definition) is 4. The number of carbonyl (C=O) groups is 1. The van der Waals surface area contributed by atoms with Gasteiger partial charge in [-0.05, 0) is 31.6 Å². The number of sulfonamides is 1. The number of nitrogens with zero attached hydrogens (tertiary/aromatic N) is 1. The third-order valence-corrected chi connectivity index (χ3v) is 5.15. The largest absolute Gasteiger partial charge is 0.480 e. The Morgan fingerprint density at radius 3 is 2.63 bits per heavy atom. The van der Waals surface area contributed by atoms with Crippen LogP contribution in [0.25, 0.3) is 0 Å². The number of hydrogen-bond donors (Lipinski definition) is 3. The number of H-pyrrole nitrogens is 1. The van der Waals surface area contributed by atoms with E-state index in [1.807, 2.05) is 6.92 Å². The van der Waals surface area contributed by atoms with Crippen LogP contribution in [0.3, 0.4) is 0 Å². The van der Waals surface area contributed by atoms with Gasteiger partial charge in [0.2, 0.25) is 10.0 Å². The Labute approximate surface area is 111 Å². The van der Waals surface area contributed by atoms with Crippen LogP contribution in [-0.4, -0.2) is 35.2 Å². The molecule has 0 atom stereocenters. The van der Waals surface area contributed by atoms with Crippen molar-refractivity contribution in [2.75, 3.05) is 0 Å². The molecule has 0 bridgehead atoms. The molecule has 0 radical (unpaired) electrons. The van der Waals surface area contributed by atoms with Gasteiger partial charge < -0.3 is 5.11 Å². The van der Waals surface area contributed by atoms with Crippen LogP contribution in [0.5, 0.6) is 0 Å². The molecule has 2 rings (SSSR count). The van der Waals surface area contributed by atoms with Gasteiger partial charge in [-0.25, -0.2) is 8.42 Å². The number of aliphatic carboxylic acids is 1. The van der Waals surface area contributed by atoms with Gasteiger partial charge in [-0.3, -0.25) is 9.89 Å². The number of aromatic amines is 1. The van der Waals surface area contributed by atoms with Crippen LogP contribution in [-0.2, 0) is 14.8 Å². The van der Waals surface area contributed by atoms with Crippen molar-refractivity contribution in [2.45, 2.75) is 43.0 Å². The first-order valence-electron chi connectivity index (χ1n) is 6.12. The van der Waals surface area contributed by atoms with Crippen LogP contribution in [0.4, 0.5) is 0 Å². The van der Waals surface area contributed by atoms with Crippen molar-refractivity contribution < 1.29 is 18.3 Å². The van der Waals surface area contributed by atoms with E-state index >= 15 is 0 Å². The first-order chi connectivity index (χ1) is 8.86. The summed E-state index contributed by atoms with van der Waals surface area (Å²) in [6.45, 7) is 2.04. The summed E-state index contributed by atoms with van der Waals surface area (Å²) in [6.07, 6.45) is 4.38. The van der Waals surface area contributed by atoms with E-state index in [1.165, 1.54) is 6.20 Å². The number of carboxylic acid groups (broad SMARTS) is 1. The van der Waals surface area contributed by atoms with Gasteiger partial charge in [0.05, 0.1) is 6.20 Å². The lowest BCUT2D eigenvalue weighted by molar-refractivity contribution is -0.145. The van der Waals surface area contributed by atoms with Gasteiger partial charge in [0.1, 0.15) is 10.4 Å². The van der Waals surface area contributed by atoms with Gasteiger partial charge >= 0.3 is 5.97 Å². The molecular weight excluding hydrogens is 270 g/mol. The fourth-order valence-corrected chi connectivity index (χ4v) is 3.64. The SMILES string of the molecule is CC1CCC(NS(=O)(=O)c2cn[nH]c2)(C(=O)O)CC1. The Kier molecular flexibility index (Phi) is 3.64. The molecule has 1 aliphatic rings. The average Bonchev–Trinajstić information content (AvgIpc) is 2.86. The topological polar surface area (TPSA) is 112 Å². The molecule has 1 aliphatic carbocycles. The predicted molar refractivity (Wildman–Crippen MR) is 66.9 cm³/mol. The van der Waals surface area contributed by atoms with E-state index in [-0.39, 0.29) is 4.90 Å². The minimum absolute atomic E-state index is 0.0493. The van der Waals surface area contributed by atoms with Crippen LogP contribution >= 0.6 is 0 Å². The van der Waals surface area contributed by atoms with Gasteiger partial charge in [-0.15, -0.1) is 0 Å². The number of rotatable bonds is 4. The van der Waals surface area contributed by atoms with Crippen molar-refractivity contribution in [1.29, 1.82) is 0 Å². The van der Waals surface area contributed by atoms with Crippen LogP contribution < -0.4 is 4.72 Å². The Balaban J connectivity index is 2.25. The van der Waals surface area contributed by atoms with E-state index in [1.54, 1.807) is 0 Å². The lowest BCUT2D eigenvalue weighted by atomic mass is 9.78. The first-order valence-corrected chi connectivity index (χ1v) is 7.60. The molecule has 3 N–H and O–H groups in total. The van der Waals surface area contributed by atoms with Crippen molar-refractivity contribution in [3.63, 3.8) is 0 Å². The lowest BCUT2D eigenvalue weighted by Gasteiger charge is -2.35. The zero-order valence-corrected chi connectivity index (χ0v) is 11.4. The van der Waals surface area contributed by atoms with Crippen LogP contribution in [0.15, 0.2) is 17.3 Å². The van der Waals surface area contributed by atoms with Gasteiger partial charge in [0, 0.05) is 6.20 Å². The second kappa shape index (κ2) is 4.93. The Morgan fingerprint density at radius 1 is 1.53 bits per heavy atom. The summed E-state index contributed by atoms with van der Waals surface area (Å²) in [5.74, 6) is -0.697. The Bertz CT molecular complexity index is 545. The summed E-state index contributed by atoms with van der Waals surface area (Å²) in [5, 5.41) is 15.4. The maximum absolute atomic E-state index is 12.1. The molecule has 1 aromatic heterocycles. The summed E-state index contributed by atoms with van der Waals surface area (Å²) in [6, 6.07) is 0. The summed E-state index contributed by atoms with van der Waals surface area (Å²) < 4.78 is 26.6. The van der Waals surface area contributed by atoms with Crippen molar-refractivity contribution in [3.8, 4) is 0 Å². The van der Waals surface area contributed by atoms with E-state index in [4.69, 9.17) is 0 Å². The Hall–Kier alpha value is -1.41. The molecule has 0 saturated heterocycles. The number of carboxylic acids is 1. The van der Waals surface area contributed by atoms with Crippen molar-refractivity contribution >= 4 is 16.0 Å². The Morgan fingerprint density at radius 2 is 2.16 bits per heavy atom. The van der Waals surface area contributed by atoms with Gasteiger partial charge in [-0.1, -0.05) is 6.92 Å². The normalized spacial score (nSPS) is 28.2. The highest BCUT2D eigenvalue weighted by molar-refractivity contribution is 7.89. The highest BCUT2D eigenvalue weighted by Crippen LogP contribution is 2.33. The summed E-state index contributed by atoms with van der Waals surface area (Å²) in [7, 11) is -3.86. The van der Waals surface area contributed by atoms with E-state index in [9.17, 15) is 18.3 Å². The average molecular weight is 287 g/mol. The van der Waals surface area contributed by atoms with E-state index in [0.29, 0.717) is 31.6 Å². The third kappa shape index (κ3) is 2.79. The van der Waals surface area contributed by atoms with Gasteiger partial charge in [0.15, 0.2) is 0 Å². The molecule has 0 aromatic carbocycles. The molecular formula is C11H17N3O4S. The van der Waals surface area contributed by atoms with Crippen molar-refractivity contribution in [1.82, 2.24) is 14.9 Å². The molecule has 106 valence electrons. The molecule has 1 saturated carbocycles. The first kappa shape index (κ1) is 14.0. The minimum Gasteiger partial charge on any atom is -0.480 e. The van der Waals surface area contributed by atoms with Gasteiger partial charge in [-0.2, -0.15) is 9.82 Å². The van der Waals surface area contributed by atoms with E-state index in [2.05, 4.69) is 14.9 Å². The van der Waals surface area contributed by atoms with Crippen LogP contribution in [0.2, 0.25) is 0 Å². The predicted octanol–water partition coefficient (Wildman–Crippen LogP) is 0.721. The van der Waals surface area contributed by atoms with Crippen LogP contribution in [0.1, 0.15) is 32.6 Å². The standard InChI is InChI=1S/C11H17N3O4S/c1-8-2-4-11(5-3-8,10(15)16)14-19(17,18)9-6-12-13-7-9/h6-8,14H,2-5H2,1H3,(H,12,13)(H,15,16). The molecule has 0 unspecified atom stereocenters. The molecule has 1 fully saturated rings. The monoisotopic (exact) mass is 287 g/mol.